The summed E-state index contributed by atoms with van der Waals surface area (Å²) in [5, 5.41) is 3.96. The van der Waals surface area contributed by atoms with E-state index in [-0.39, 0.29) is 5.91 Å². The molecular formula is C25H24N2O3S. The predicted octanol–water partition coefficient (Wildman–Crippen LogP) is 6.32. The minimum absolute atomic E-state index is 0.216. The van der Waals surface area contributed by atoms with Crippen molar-refractivity contribution in [2.45, 2.75) is 20.8 Å². The first-order valence-corrected chi connectivity index (χ1v) is 11.1. The van der Waals surface area contributed by atoms with Gasteiger partial charge in [-0.05, 0) is 56.7 Å². The van der Waals surface area contributed by atoms with Crippen molar-refractivity contribution in [2.24, 2.45) is 0 Å². The van der Waals surface area contributed by atoms with Gasteiger partial charge in [0.1, 0.15) is 16.5 Å². The summed E-state index contributed by atoms with van der Waals surface area (Å²) in [5.41, 5.74) is 4.16. The number of aryl methyl sites for hydroxylation is 1. The van der Waals surface area contributed by atoms with Gasteiger partial charge in [0.25, 0.3) is 5.91 Å². The van der Waals surface area contributed by atoms with Gasteiger partial charge in [0, 0.05) is 22.9 Å². The summed E-state index contributed by atoms with van der Waals surface area (Å²) in [5.74, 6) is 1.00. The Hall–Kier alpha value is -3.38. The minimum Gasteiger partial charge on any atom is -0.494 e. The lowest BCUT2D eigenvalue weighted by Gasteiger charge is -2.13. The van der Waals surface area contributed by atoms with Gasteiger partial charge in [0.15, 0.2) is 0 Å². The number of para-hydroxylation sites is 1. The molecule has 0 fully saturated rings. The van der Waals surface area contributed by atoms with Crippen LogP contribution in [0.1, 0.15) is 29.8 Å². The highest BCUT2D eigenvalue weighted by atomic mass is 32.1. The maximum atomic E-state index is 13.0. The van der Waals surface area contributed by atoms with E-state index in [4.69, 9.17) is 14.5 Å². The van der Waals surface area contributed by atoms with E-state index in [0.717, 1.165) is 32.0 Å². The molecule has 0 atom stereocenters. The van der Waals surface area contributed by atoms with Gasteiger partial charge in [-0.1, -0.05) is 24.3 Å². The van der Waals surface area contributed by atoms with E-state index in [2.05, 4.69) is 11.4 Å². The molecule has 0 bridgehead atoms. The maximum absolute atomic E-state index is 13.0. The van der Waals surface area contributed by atoms with Gasteiger partial charge in [0.05, 0.1) is 23.4 Å². The number of rotatable bonds is 7. The van der Waals surface area contributed by atoms with Crippen LogP contribution in [0.25, 0.3) is 20.8 Å². The van der Waals surface area contributed by atoms with Crippen molar-refractivity contribution in [2.75, 3.05) is 18.5 Å². The molecule has 0 spiro atoms. The number of anilines is 1. The first kappa shape index (κ1) is 20.9. The molecule has 3 aromatic carbocycles. The lowest BCUT2D eigenvalue weighted by molar-refractivity contribution is 0.102. The number of thiazole rings is 1. The quantitative estimate of drug-likeness (QED) is 0.371. The highest BCUT2D eigenvalue weighted by Gasteiger charge is 2.14. The zero-order chi connectivity index (χ0) is 21.8. The second-order valence-corrected chi connectivity index (χ2v) is 8.06. The third-order valence-electron chi connectivity index (χ3n) is 4.79. The summed E-state index contributed by atoms with van der Waals surface area (Å²) in [7, 11) is 0. The SMILES string of the molecule is CCOc1cc(OCC)cc(C(=O)Nc2cc(-c3nc4ccccc4s3)ccc2C)c1. The number of ether oxygens (including phenoxy) is 2. The number of benzene rings is 3. The number of amides is 1. The molecule has 0 aliphatic rings. The third-order valence-corrected chi connectivity index (χ3v) is 5.88. The number of carbonyl (C=O) groups excluding carboxylic acids is 1. The molecule has 6 heteroatoms. The first-order valence-electron chi connectivity index (χ1n) is 10.3. The molecule has 0 saturated heterocycles. The Bertz CT molecular complexity index is 1180. The number of fused-ring (bicyclic) bond motifs is 1. The normalized spacial score (nSPS) is 10.8. The Morgan fingerprint density at radius 3 is 2.35 bits per heavy atom. The van der Waals surface area contributed by atoms with Crippen LogP contribution in [0.4, 0.5) is 5.69 Å². The third kappa shape index (κ3) is 4.70. The van der Waals surface area contributed by atoms with Crippen LogP contribution in [0.5, 0.6) is 11.5 Å². The zero-order valence-corrected chi connectivity index (χ0v) is 18.6. The summed E-state index contributed by atoms with van der Waals surface area (Å²) in [6.07, 6.45) is 0. The van der Waals surface area contributed by atoms with E-state index in [1.54, 1.807) is 29.5 Å². The molecule has 5 nitrogen and oxygen atoms in total. The minimum atomic E-state index is -0.216. The van der Waals surface area contributed by atoms with Gasteiger partial charge in [-0.25, -0.2) is 4.98 Å². The van der Waals surface area contributed by atoms with Crippen molar-refractivity contribution in [3.63, 3.8) is 0 Å². The molecule has 0 saturated carbocycles. The largest absolute Gasteiger partial charge is 0.494 e. The van der Waals surface area contributed by atoms with Gasteiger partial charge >= 0.3 is 0 Å². The van der Waals surface area contributed by atoms with E-state index in [0.29, 0.717) is 30.3 Å². The monoisotopic (exact) mass is 432 g/mol. The Balaban J connectivity index is 1.63. The topological polar surface area (TPSA) is 60.5 Å². The van der Waals surface area contributed by atoms with Crippen LogP contribution < -0.4 is 14.8 Å². The number of nitrogens with zero attached hydrogens (tertiary/aromatic N) is 1. The molecule has 1 N–H and O–H groups in total. The predicted molar refractivity (Wildman–Crippen MR) is 127 cm³/mol. The van der Waals surface area contributed by atoms with E-state index in [9.17, 15) is 4.79 Å². The molecular weight excluding hydrogens is 408 g/mol. The van der Waals surface area contributed by atoms with E-state index < -0.39 is 0 Å². The summed E-state index contributed by atoms with van der Waals surface area (Å²) < 4.78 is 12.3. The van der Waals surface area contributed by atoms with Crippen LogP contribution >= 0.6 is 11.3 Å². The number of aromatic nitrogens is 1. The molecule has 0 radical (unpaired) electrons. The van der Waals surface area contributed by atoms with Crippen LogP contribution in [0.15, 0.2) is 60.7 Å². The van der Waals surface area contributed by atoms with Crippen LogP contribution in [0.2, 0.25) is 0 Å². The molecule has 0 aliphatic carbocycles. The van der Waals surface area contributed by atoms with Crippen molar-refractivity contribution in [1.82, 2.24) is 4.98 Å². The van der Waals surface area contributed by atoms with Crippen LogP contribution in [-0.4, -0.2) is 24.1 Å². The van der Waals surface area contributed by atoms with Gasteiger partial charge in [0.2, 0.25) is 0 Å². The molecule has 1 amide bonds. The fraction of sp³-hybridized carbons (Fsp3) is 0.200. The smallest absolute Gasteiger partial charge is 0.255 e. The van der Waals surface area contributed by atoms with Crippen molar-refractivity contribution >= 4 is 33.1 Å². The molecule has 4 rings (SSSR count). The van der Waals surface area contributed by atoms with Crippen molar-refractivity contribution in [3.05, 3.63) is 71.8 Å². The number of carbonyl (C=O) groups is 1. The lowest BCUT2D eigenvalue weighted by atomic mass is 10.1. The van der Waals surface area contributed by atoms with Crippen molar-refractivity contribution in [3.8, 4) is 22.1 Å². The number of hydrogen-bond acceptors (Lipinski definition) is 5. The van der Waals surface area contributed by atoms with Gasteiger partial charge < -0.3 is 14.8 Å². The van der Waals surface area contributed by atoms with E-state index >= 15 is 0 Å². The van der Waals surface area contributed by atoms with Crippen LogP contribution in [-0.2, 0) is 0 Å². The van der Waals surface area contributed by atoms with Gasteiger partial charge in [-0.3, -0.25) is 4.79 Å². The summed E-state index contributed by atoms with van der Waals surface area (Å²) in [4.78, 5) is 17.8. The van der Waals surface area contributed by atoms with Gasteiger partial charge in [-0.2, -0.15) is 0 Å². The first-order chi connectivity index (χ1) is 15.1. The average Bonchev–Trinajstić information content (AvgIpc) is 3.20. The molecule has 4 aromatic rings. The number of nitrogens with one attached hydrogen (secondary N) is 1. The Morgan fingerprint density at radius 1 is 0.968 bits per heavy atom. The molecule has 1 heterocycles. The molecule has 31 heavy (non-hydrogen) atoms. The molecule has 0 unspecified atom stereocenters. The van der Waals surface area contributed by atoms with Crippen LogP contribution in [0.3, 0.4) is 0 Å². The molecule has 1 aromatic heterocycles. The second-order valence-electron chi connectivity index (χ2n) is 7.03. The average molecular weight is 433 g/mol. The molecule has 0 aliphatic heterocycles. The number of hydrogen-bond donors (Lipinski definition) is 1. The Morgan fingerprint density at radius 2 is 1.68 bits per heavy atom. The second kappa shape index (κ2) is 9.18. The zero-order valence-electron chi connectivity index (χ0n) is 17.8. The van der Waals surface area contributed by atoms with Crippen LogP contribution in [0, 0.1) is 6.92 Å². The Kier molecular flexibility index (Phi) is 6.18. The highest BCUT2D eigenvalue weighted by Crippen LogP contribution is 2.32. The van der Waals surface area contributed by atoms with Crippen molar-refractivity contribution < 1.29 is 14.3 Å². The maximum Gasteiger partial charge on any atom is 0.255 e. The standard InChI is InChI=1S/C25H24N2O3S/c1-4-29-19-12-18(13-20(15-19)30-5-2)24(28)26-22-14-17(11-10-16(22)3)25-27-21-8-6-7-9-23(21)31-25/h6-15H,4-5H2,1-3H3,(H,26,28). The fourth-order valence-corrected chi connectivity index (χ4v) is 4.24. The van der Waals surface area contributed by atoms with Crippen molar-refractivity contribution in [1.29, 1.82) is 0 Å². The fourth-order valence-electron chi connectivity index (χ4n) is 3.28. The lowest BCUT2D eigenvalue weighted by Crippen LogP contribution is -2.13. The summed E-state index contributed by atoms with van der Waals surface area (Å²) >= 11 is 1.64. The highest BCUT2D eigenvalue weighted by molar-refractivity contribution is 7.21. The van der Waals surface area contributed by atoms with Gasteiger partial charge in [-0.15, -0.1) is 11.3 Å². The van der Waals surface area contributed by atoms with E-state index in [1.165, 1.54) is 0 Å². The Labute approximate surface area is 185 Å². The summed E-state index contributed by atoms with van der Waals surface area (Å²) in [6.45, 7) is 6.81. The van der Waals surface area contributed by atoms with E-state index in [1.807, 2.05) is 57.2 Å². The summed E-state index contributed by atoms with van der Waals surface area (Å²) in [6, 6.07) is 19.3. The molecule has 158 valence electrons.